The number of hydrogen-bond donors (Lipinski definition) is 0. The Kier molecular flexibility index (Phi) is 7.51. The van der Waals surface area contributed by atoms with Gasteiger partial charge in [0, 0.05) is 12.3 Å². The first-order valence-corrected chi connectivity index (χ1v) is 12.0. The van der Waals surface area contributed by atoms with Gasteiger partial charge in [-0.05, 0) is 66.9 Å². The number of carbonyl (C=O) groups excluding carboxylic acids is 1. The van der Waals surface area contributed by atoms with Crippen molar-refractivity contribution in [1.29, 1.82) is 5.26 Å². The fourth-order valence-electron chi connectivity index (χ4n) is 3.63. The van der Waals surface area contributed by atoms with E-state index < -0.39 is 0 Å². The summed E-state index contributed by atoms with van der Waals surface area (Å²) >= 11 is 1.64. The maximum Gasteiger partial charge on any atom is 0.338 e. The third-order valence-corrected chi connectivity index (χ3v) is 6.51. The molecule has 34 heavy (non-hydrogen) atoms. The number of hydrogen-bond acceptors (Lipinski definition) is 6. The van der Waals surface area contributed by atoms with Crippen LogP contribution in [0.4, 0.5) is 0 Å². The first-order valence-electron chi connectivity index (χ1n) is 11.0. The molecular weight excluding hydrogens is 446 g/mol. The van der Waals surface area contributed by atoms with Crippen LogP contribution >= 0.6 is 11.8 Å². The number of rotatable bonds is 9. The average Bonchev–Trinajstić information content (AvgIpc) is 3.23. The zero-order chi connectivity index (χ0) is 23.9. The second kappa shape index (κ2) is 10.9. The largest absolute Gasteiger partial charge is 0.497 e. The lowest BCUT2D eigenvalue weighted by atomic mass is 10.1. The molecule has 0 unspecified atom stereocenters. The minimum absolute atomic E-state index is 0.332. The molecule has 0 aliphatic rings. The highest BCUT2D eigenvalue weighted by molar-refractivity contribution is 7.98. The molecule has 0 bridgehead atoms. The third-order valence-electron chi connectivity index (χ3n) is 5.46. The average molecular weight is 472 g/mol. The fourth-order valence-corrected chi connectivity index (χ4v) is 4.63. The van der Waals surface area contributed by atoms with Gasteiger partial charge in [-0.1, -0.05) is 36.0 Å². The second-order valence-electron chi connectivity index (χ2n) is 7.67. The summed E-state index contributed by atoms with van der Waals surface area (Å²) in [4.78, 5) is 17.1. The Bertz CT molecular complexity index is 1320. The zero-order valence-electron chi connectivity index (χ0n) is 19.2. The molecule has 0 atom stereocenters. The first kappa shape index (κ1) is 23.4. The second-order valence-corrected chi connectivity index (χ2v) is 8.61. The Hall–Kier alpha value is -3.76. The van der Waals surface area contributed by atoms with Gasteiger partial charge >= 0.3 is 5.97 Å². The van der Waals surface area contributed by atoms with E-state index in [-0.39, 0.29) is 5.97 Å². The van der Waals surface area contributed by atoms with Crippen molar-refractivity contribution in [1.82, 2.24) is 9.55 Å². The molecule has 0 fully saturated rings. The highest BCUT2D eigenvalue weighted by Gasteiger charge is 2.15. The van der Waals surface area contributed by atoms with Crippen molar-refractivity contribution in [3.63, 3.8) is 0 Å². The van der Waals surface area contributed by atoms with Gasteiger partial charge in [-0.3, -0.25) is 0 Å². The summed E-state index contributed by atoms with van der Waals surface area (Å²) in [6.45, 7) is 2.87. The van der Waals surface area contributed by atoms with Crippen LogP contribution in [0, 0.1) is 11.3 Å². The Balaban J connectivity index is 1.61. The molecule has 0 saturated heterocycles. The quantitative estimate of drug-likeness (QED) is 0.233. The number of nitriles is 1. The van der Waals surface area contributed by atoms with Crippen LogP contribution in [0.2, 0.25) is 0 Å². The van der Waals surface area contributed by atoms with Gasteiger partial charge in [0.15, 0.2) is 5.16 Å². The maximum atomic E-state index is 12.2. The molecule has 0 aliphatic heterocycles. The number of fused-ring (bicyclic) bond motifs is 1. The number of thioether (sulfide) groups is 1. The van der Waals surface area contributed by atoms with Crippen LogP contribution in [0.15, 0.2) is 71.9 Å². The summed E-state index contributed by atoms with van der Waals surface area (Å²) in [5.74, 6) is 1.22. The standard InChI is InChI=1S/C27H25N3O3S/c1-3-33-26(31)22-10-13-25-24(16-22)29-27(34-18-21-6-4-20(17-28)5-7-21)30(25)15-14-19-8-11-23(32-2)12-9-19/h4-13,16H,3,14-15,18H2,1-2H3. The number of aryl methyl sites for hydroxylation is 2. The maximum absolute atomic E-state index is 12.2. The Morgan fingerprint density at radius 1 is 1.06 bits per heavy atom. The number of imidazole rings is 1. The van der Waals surface area contributed by atoms with Crippen molar-refractivity contribution in [3.05, 3.63) is 89.0 Å². The van der Waals surface area contributed by atoms with Gasteiger partial charge in [0.2, 0.25) is 0 Å². The highest BCUT2D eigenvalue weighted by Crippen LogP contribution is 2.28. The molecule has 4 aromatic rings. The van der Waals surface area contributed by atoms with Crippen LogP contribution in [-0.4, -0.2) is 29.2 Å². The van der Waals surface area contributed by atoms with E-state index in [1.807, 2.05) is 42.5 Å². The molecule has 1 heterocycles. The van der Waals surface area contributed by atoms with E-state index >= 15 is 0 Å². The summed E-state index contributed by atoms with van der Waals surface area (Å²) in [5.41, 5.74) is 5.20. The molecule has 1 aromatic heterocycles. The SMILES string of the molecule is CCOC(=O)c1ccc2c(c1)nc(SCc1ccc(C#N)cc1)n2CCc1ccc(OC)cc1. The Labute approximate surface area is 203 Å². The molecule has 7 heteroatoms. The van der Waals surface area contributed by atoms with Crippen molar-refractivity contribution in [3.8, 4) is 11.8 Å². The van der Waals surface area contributed by atoms with Crippen LogP contribution in [-0.2, 0) is 23.5 Å². The Morgan fingerprint density at radius 3 is 2.47 bits per heavy atom. The van der Waals surface area contributed by atoms with Gasteiger partial charge in [-0.2, -0.15) is 5.26 Å². The topological polar surface area (TPSA) is 77.1 Å². The fraction of sp³-hybridized carbons (Fsp3) is 0.222. The number of nitrogens with zero attached hydrogens (tertiary/aromatic N) is 3. The molecule has 6 nitrogen and oxygen atoms in total. The van der Waals surface area contributed by atoms with Crippen LogP contribution in [0.1, 0.15) is 34.0 Å². The molecule has 4 rings (SSSR count). The first-order chi connectivity index (χ1) is 16.6. The van der Waals surface area contributed by atoms with Crippen molar-refractivity contribution >= 4 is 28.8 Å². The van der Waals surface area contributed by atoms with E-state index in [4.69, 9.17) is 19.7 Å². The lowest BCUT2D eigenvalue weighted by Crippen LogP contribution is -2.05. The van der Waals surface area contributed by atoms with Gasteiger partial charge in [0.1, 0.15) is 5.75 Å². The molecule has 3 aromatic carbocycles. The monoisotopic (exact) mass is 471 g/mol. The predicted octanol–water partition coefficient (Wildman–Crippen LogP) is 5.63. The van der Waals surface area contributed by atoms with Gasteiger partial charge in [-0.25, -0.2) is 9.78 Å². The lowest BCUT2D eigenvalue weighted by Gasteiger charge is -2.10. The van der Waals surface area contributed by atoms with Crippen LogP contribution in [0.3, 0.4) is 0 Å². The molecule has 0 saturated carbocycles. The molecule has 0 radical (unpaired) electrons. The van der Waals surface area contributed by atoms with Crippen molar-refractivity contribution in [2.75, 3.05) is 13.7 Å². The summed E-state index contributed by atoms with van der Waals surface area (Å²) in [7, 11) is 1.66. The predicted molar refractivity (Wildman–Crippen MR) is 133 cm³/mol. The number of ether oxygens (including phenoxy) is 2. The molecule has 0 aliphatic carbocycles. The van der Waals surface area contributed by atoms with E-state index in [0.717, 1.165) is 46.2 Å². The molecule has 172 valence electrons. The summed E-state index contributed by atoms with van der Waals surface area (Å²) in [6, 6.07) is 23.3. The van der Waals surface area contributed by atoms with E-state index in [9.17, 15) is 4.79 Å². The summed E-state index contributed by atoms with van der Waals surface area (Å²) in [6.07, 6.45) is 0.833. The summed E-state index contributed by atoms with van der Waals surface area (Å²) in [5, 5.41) is 9.91. The van der Waals surface area contributed by atoms with Crippen LogP contribution in [0.5, 0.6) is 5.75 Å². The van der Waals surface area contributed by atoms with Gasteiger partial charge in [0.05, 0.1) is 41.9 Å². The van der Waals surface area contributed by atoms with Crippen LogP contribution in [0.25, 0.3) is 11.0 Å². The van der Waals surface area contributed by atoms with Crippen molar-refractivity contribution in [2.45, 2.75) is 30.8 Å². The van der Waals surface area contributed by atoms with Crippen LogP contribution < -0.4 is 4.74 Å². The number of carbonyl (C=O) groups is 1. The zero-order valence-corrected chi connectivity index (χ0v) is 20.0. The highest BCUT2D eigenvalue weighted by atomic mass is 32.2. The van der Waals surface area contributed by atoms with E-state index in [0.29, 0.717) is 17.7 Å². The molecule has 0 N–H and O–H groups in total. The number of aromatic nitrogens is 2. The Morgan fingerprint density at radius 2 is 1.79 bits per heavy atom. The third kappa shape index (κ3) is 5.41. The van der Waals surface area contributed by atoms with Gasteiger partial charge in [-0.15, -0.1) is 0 Å². The van der Waals surface area contributed by atoms with Gasteiger partial charge in [0.25, 0.3) is 0 Å². The van der Waals surface area contributed by atoms with E-state index in [2.05, 4.69) is 22.8 Å². The number of esters is 1. The van der Waals surface area contributed by atoms with E-state index in [1.165, 1.54) is 5.56 Å². The number of methoxy groups -OCH3 is 1. The molecule has 0 amide bonds. The minimum Gasteiger partial charge on any atom is -0.497 e. The molecule has 0 spiro atoms. The normalized spacial score (nSPS) is 10.7. The van der Waals surface area contributed by atoms with Crippen molar-refractivity contribution in [2.24, 2.45) is 0 Å². The smallest absolute Gasteiger partial charge is 0.338 e. The minimum atomic E-state index is -0.344. The van der Waals surface area contributed by atoms with E-state index in [1.54, 1.807) is 37.9 Å². The summed E-state index contributed by atoms with van der Waals surface area (Å²) < 4.78 is 12.6. The lowest BCUT2D eigenvalue weighted by molar-refractivity contribution is 0.0526. The van der Waals surface area contributed by atoms with Crippen molar-refractivity contribution < 1.29 is 14.3 Å². The number of benzene rings is 3. The van der Waals surface area contributed by atoms with Gasteiger partial charge < -0.3 is 14.0 Å². The molecular formula is C27H25N3O3S.